The molecule has 0 aliphatic heterocycles. The number of carboxylic acid groups (broad SMARTS) is 1. The number of aromatic carboxylic acids is 1. The highest BCUT2D eigenvalue weighted by Crippen LogP contribution is 2.30. The van der Waals surface area contributed by atoms with Crippen molar-refractivity contribution in [1.29, 1.82) is 5.26 Å². The maximum atomic E-state index is 11.0. The van der Waals surface area contributed by atoms with Gasteiger partial charge in [0.05, 0.1) is 21.5 Å². The van der Waals surface area contributed by atoms with Crippen molar-refractivity contribution >= 4 is 17.3 Å². The lowest BCUT2D eigenvalue weighted by Gasteiger charge is -1.98. The molecule has 0 amide bonds. The van der Waals surface area contributed by atoms with Crippen molar-refractivity contribution in [1.82, 2.24) is 4.98 Å². The van der Waals surface area contributed by atoms with Crippen molar-refractivity contribution in [3.8, 4) is 16.5 Å². The summed E-state index contributed by atoms with van der Waals surface area (Å²) in [6, 6.07) is 8.81. The zero-order chi connectivity index (χ0) is 12.4. The molecular formula is C12H8N2O2S. The van der Waals surface area contributed by atoms with Crippen LogP contribution in [0.15, 0.2) is 24.3 Å². The van der Waals surface area contributed by atoms with Gasteiger partial charge in [-0.25, -0.2) is 9.78 Å². The first-order chi connectivity index (χ1) is 8.11. The number of nitrogens with zero attached hydrogens (tertiary/aromatic N) is 2. The molecule has 0 aliphatic rings. The Kier molecular flexibility index (Phi) is 2.90. The Bertz CT molecular complexity index is 608. The van der Waals surface area contributed by atoms with E-state index in [2.05, 4.69) is 4.98 Å². The third kappa shape index (κ3) is 2.17. The molecule has 1 heterocycles. The minimum atomic E-state index is -1.03. The summed E-state index contributed by atoms with van der Waals surface area (Å²) in [6.45, 7) is 1.77. The predicted molar refractivity (Wildman–Crippen MR) is 64.0 cm³/mol. The van der Waals surface area contributed by atoms with Gasteiger partial charge in [-0.2, -0.15) is 5.26 Å². The molecule has 0 aliphatic carbocycles. The van der Waals surface area contributed by atoms with Crippen LogP contribution in [0.4, 0.5) is 0 Å². The molecule has 5 heteroatoms. The highest BCUT2D eigenvalue weighted by atomic mass is 32.1. The van der Waals surface area contributed by atoms with Crippen molar-refractivity contribution < 1.29 is 9.90 Å². The number of benzene rings is 1. The van der Waals surface area contributed by atoms with Crippen LogP contribution in [-0.2, 0) is 0 Å². The molecule has 0 radical (unpaired) electrons. The second-order valence-electron chi connectivity index (χ2n) is 3.40. The zero-order valence-electron chi connectivity index (χ0n) is 8.97. The first kappa shape index (κ1) is 11.3. The smallest absolute Gasteiger partial charge is 0.356 e. The summed E-state index contributed by atoms with van der Waals surface area (Å²) in [5.74, 6) is -1.03. The highest BCUT2D eigenvalue weighted by molar-refractivity contribution is 7.15. The van der Waals surface area contributed by atoms with Gasteiger partial charge in [-0.1, -0.05) is 12.1 Å². The van der Waals surface area contributed by atoms with Crippen LogP contribution >= 0.6 is 11.3 Å². The van der Waals surface area contributed by atoms with Crippen LogP contribution in [-0.4, -0.2) is 16.1 Å². The molecule has 0 atom stereocenters. The largest absolute Gasteiger partial charge is 0.476 e. The fraction of sp³-hybridized carbons (Fsp3) is 0.0833. The lowest BCUT2D eigenvalue weighted by Crippen LogP contribution is -1.98. The molecule has 0 saturated heterocycles. The minimum absolute atomic E-state index is 0.0669. The van der Waals surface area contributed by atoms with Crippen LogP contribution in [0.1, 0.15) is 21.1 Å². The monoisotopic (exact) mass is 244 g/mol. The molecule has 1 aromatic carbocycles. The number of thiazole rings is 1. The van der Waals surface area contributed by atoms with E-state index >= 15 is 0 Å². The van der Waals surface area contributed by atoms with Crippen molar-refractivity contribution in [2.24, 2.45) is 0 Å². The Morgan fingerprint density at radius 2 is 2.06 bits per heavy atom. The second-order valence-corrected chi connectivity index (χ2v) is 4.61. The molecule has 1 aromatic heterocycles. The number of hydrogen-bond acceptors (Lipinski definition) is 4. The average molecular weight is 244 g/mol. The topological polar surface area (TPSA) is 74.0 Å². The van der Waals surface area contributed by atoms with E-state index in [0.717, 1.165) is 5.56 Å². The van der Waals surface area contributed by atoms with Gasteiger partial charge in [-0.15, -0.1) is 11.3 Å². The molecular weight excluding hydrogens is 236 g/mol. The molecule has 0 fully saturated rings. The van der Waals surface area contributed by atoms with E-state index in [-0.39, 0.29) is 5.69 Å². The zero-order valence-corrected chi connectivity index (χ0v) is 9.78. The number of aromatic nitrogens is 1. The average Bonchev–Trinajstić information content (AvgIpc) is 2.72. The number of hydrogen-bond donors (Lipinski definition) is 1. The van der Waals surface area contributed by atoms with E-state index in [1.54, 1.807) is 31.2 Å². The van der Waals surface area contributed by atoms with Gasteiger partial charge in [-0.05, 0) is 24.6 Å². The molecule has 0 saturated carbocycles. The lowest BCUT2D eigenvalue weighted by atomic mass is 10.1. The number of nitriles is 1. The van der Waals surface area contributed by atoms with Gasteiger partial charge in [0.25, 0.3) is 0 Å². The Morgan fingerprint density at radius 3 is 2.59 bits per heavy atom. The van der Waals surface area contributed by atoms with Crippen LogP contribution < -0.4 is 0 Å². The van der Waals surface area contributed by atoms with Crippen molar-refractivity contribution in [2.75, 3.05) is 0 Å². The number of aryl methyl sites for hydroxylation is 1. The molecule has 84 valence electrons. The van der Waals surface area contributed by atoms with Gasteiger partial charge >= 0.3 is 5.97 Å². The third-order valence-electron chi connectivity index (χ3n) is 2.21. The SMILES string of the molecule is Cc1nc(C(=O)O)c(-c2ccc(C#N)cc2)s1. The van der Waals surface area contributed by atoms with Gasteiger partial charge in [0.15, 0.2) is 5.69 Å². The van der Waals surface area contributed by atoms with Gasteiger partial charge < -0.3 is 5.11 Å². The highest BCUT2D eigenvalue weighted by Gasteiger charge is 2.16. The van der Waals surface area contributed by atoms with Gasteiger partial charge in [0, 0.05) is 0 Å². The molecule has 0 unspecified atom stereocenters. The van der Waals surface area contributed by atoms with Crippen LogP contribution in [0.5, 0.6) is 0 Å². The molecule has 4 nitrogen and oxygen atoms in total. The first-order valence-corrected chi connectivity index (χ1v) is 5.64. The second kappa shape index (κ2) is 4.36. The molecule has 17 heavy (non-hydrogen) atoms. The Balaban J connectivity index is 2.52. The van der Waals surface area contributed by atoms with Gasteiger partial charge in [0.2, 0.25) is 0 Å². The van der Waals surface area contributed by atoms with Crippen molar-refractivity contribution in [2.45, 2.75) is 6.92 Å². The molecule has 2 aromatic rings. The van der Waals surface area contributed by atoms with E-state index in [0.29, 0.717) is 15.4 Å². The third-order valence-corrected chi connectivity index (χ3v) is 3.23. The lowest BCUT2D eigenvalue weighted by molar-refractivity contribution is 0.0692. The van der Waals surface area contributed by atoms with E-state index < -0.39 is 5.97 Å². The molecule has 0 bridgehead atoms. The normalized spacial score (nSPS) is 9.88. The summed E-state index contributed by atoms with van der Waals surface area (Å²) in [6.07, 6.45) is 0. The van der Waals surface area contributed by atoms with Crippen LogP contribution in [0, 0.1) is 18.3 Å². The summed E-state index contributed by atoms with van der Waals surface area (Å²) in [5.41, 5.74) is 1.39. The number of rotatable bonds is 2. The summed E-state index contributed by atoms with van der Waals surface area (Å²) in [5, 5.41) is 18.4. The Labute approximate surface area is 102 Å². The Hall–Kier alpha value is -2.19. The summed E-state index contributed by atoms with van der Waals surface area (Å²) in [7, 11) is 0. The number of carbonyl (C=O) groups is 1. The maximum absolute atomic E-state index is 11.0. The standard InChI is InChI=1S/C12H8N2O2S/c1-7-14-10(12(15)16)11(17-7)9-4-2-8(6-13)3-5-9/h2-5H,1H3,(H,15,16). The predicted octanol–water partition coefficient (Wildman–Crippen LogP) is 2.69. The molecule has 1 N–H and O–H groups in total. The van der Waals surface area contributed by atoms with Crippen LogP contribution in [0.3, 0.4) is 0 Å². The van der Waals surface area contributed by atoms with Crippen LogP contribution in [0.25, 0.3) is 10.4 Å². The van der Waals surface area contributed by atoms with Gasteiger partial charge in [0.1, 0.15) is 0 Å². The fourth-order valence-corrected chi connectivity index (χ4v) is 2.38. The van der Waals surface area contributed by atoms with E-state index in [9.17, 15) is 4.79 Å². The van der Waals surface area contributed by atoms with E-state index in [1.807, 2.05) is 6.07 Å². The first-order valence-electron chi connectivity index (χ1n) is 4.83. The summed E-state index contributed by atoms with van der Waals surface area (Å²) in [4.78, 5) is 15.6. The summed E-state index contributed by atoms with van der Waals surface area (Å²) >= 11 is 1.33. The quantitative estimate of drug-likeness (QED) is 0.881. The summed E-state index contributed by atoms with van der Waals surface area (Å²) < 4.78 is 0. The van der Waals surface area contributed by atoms with Crippen LogP contribution in [0.2, 0.25) is 0 Å². The number of carboxylic acids is 1. The minimum Gasteiger partial charge on any atom is -0.476 e. The molecule has 0 spiro atoms. The van der Waals surface area contributed by atoms with E-state index in [4.69, 9.17) is 10.4 Å². The fourth-order valence-electron chi connectivity index (χ4n) is 1.46. The van der Waals surface area contributed by atoms with Crippen molar-refractivity contribution in [3.05, 3.63) is 40.5 Å². The molecule has 2 rings (SSSR count). The van der Waals surface area contributed by atoms with Crippen molar-refractivity contribution in [3.63, 3.8) is 0 Å². The van der Waals surface area contributed by atoms with E-state index in [1.165, 1.54) is 11.3 Å². The van der Waals surface area contributed by atoms with Gasteiger partial charge in [-0.3, -0.25) is 0 Å². The Morgan fingerprint density at radius 1 is 1.41 bits per heavy atom. The maximum Gasteiger partial charge on any atom is 0.356 e.